The van der Waals surface area contributed by atoms with E-state index in [0.717, 1.165) is 3.57 Å². The summed E-state index contributed by atoms with van der Waals surface area (Å²) in [6, 6.07) is 12.7. The van der Waals surface area contributed by atoms with Gasteiger partial charge in [0.05, 0.1) is 18.7 Å². The Hall–Kier alpha value is -2.05. The van der Waals surface area contributed by atoms with Crippen molar-refractivity contribution in [2.45, 2.75) is 0 Å². The fraction of sp³-hybridized carbons (Fsp3) is 0.111. The zero-order valence-electron chi connectivity index (χ0n) is 13.5. The summed E-state index contributed by atoms with van der Waals surface area (Å²) in [5.41, 5.74) is 1.25. The van der Waals surface area contributed by atoms with Crippen molar-refractivity contribution >= 4 is 56.2 Å². The molecule has 0 atom stereocenters. The van der Waals surface area contributed by atoms with Crippen molar-refractivity contribution in [1.29, 1.82) is 5.26 Å². The van der Waals surface area contributed by atoms with E-state index >= 15 is 0 Å². The lowest BCUT2D eigenvalue weighted by Gasteiger charge is -2.10. The van der Waals surface area contributed by atoms with Crippen molar-refractivity contribution in [2.75, 3.05) is 19.5 Å². The highest BCUT2D eigenvalue weighted by molar-refractivity contribution is 14.1. The number of carbonyl (C=O) groups excluding carboxylic acids is 1. The van der Waals surface area contributed by atoms with Crippen molar-refractivity contribution in [2.24, 2.45) is 0 Å². The molecule has 0 radical (unpaired) electrons. The molecule has 0 aliphatic carbocycles. The molecule has 0 aromatic heterocycles. The maximum atomic E-state index is 12.3. The van der Waals surface area contributed by atoms with Crippen LogP contribution in [-0.2, 0) is 4.79 Å². The molecule has 5 nitrogen and oxygen atoms in total. The Balaban J connectivity index is 2.30. The van der Waals surface area contributed by atoms with Crippen LogP contribution in [-0.4, -0.2) is 20.1 Å². The number of hydrogen-bond acceptors (Lipinski definition) is 4. The first-order chi connectivity index (χ1) is 12.0. The average molecular weight is 513 g/mol. The number of nitriles is 1. The zero-order valence-corrected chi connectivity index (χ0v) is 17.2. The van der Waals surface area contributed by atoms with Gasteiger partial charge < -0.3 is 14.8 Å². The third kappa shape index (κ3) is 4.96. The Kier molecular flexibility index (Phi) is 6.84. The van der Waals surface area contributed by atoms with Crippen LogP contribution in [0.25, 0.3) is 6.08 Å². The highest BCUT2D eigenvalue weighted by Gasteiger charge is 2.13. The van der Waals surface area contributed by atoms with Crippen LogP contribution in [0, 0.1) is 14.9 Å². The molecule has 0 bridgehead atoms. The number of anilines is 1. The molecule has 0 fully saturated rings. The minimum atomic E-state index is -0.477. The summed E-state index contributed by atoms with van der Waals surface area (Å²) < 4.78 is 12.2. The molecule has 0 aliphatic rings. The van der Waals surface area contributed by atoms with Crippen LogP contribution >= 0.6 is 38.5 Å². The van der Waals surface area contributed by atoms with Gasteiger partial charge in [0.25, 0.3) is 5.91 Å². The minimum absolute atomic E-state index is 0.0160. The van der Waals surface area contributed by atoms with Gasteiger partial charge in [-0.15, -0.1) is 0 Å². The van der Waals surface area contributed by atoms with Crippen LogP contribution in [0.2, 0.25) is 0 Å². The summed E-state index contributed by atoms with van der Waals surface area (Å²) in [6.45, 7) is 0. The summed E-state index contributed by atoms with van der Waals surface area (Å²) in [5, 5.41) is 12.0. The quantitative estimate of drug-likeness (QED) is 0.360. The van der Waals surface area contributed by atoms with Crippen molar-refractivity contribution < 1.29 is 14.3 Å². The first-order valence-corrected chi connectivity index (χ1v) is 8.96. The number of hydrogen-bond donors (Lipinski definition) is 1. The second-order valence-corrected chi connectivity index (χ2v) is 6.97. The molecule has 0 spiro atoms. The van der Waals surface area contributed by atoms with Gasteiger partial charge in [-0.1, -0.05) is 0 Å². The highest BCUT2D eigenvalue weighted by Crippen LogP contribution is 2.36. The van der Waals surface area contributed by atoms with Crippen molar-refractivity contribution in [3.05, 3.63) is 55.6 Å². The highest BCUT2D eigenvalue weighted by atomic mass is 127. The lowest BCUT2D eigenvalue weighted by atomic mass is 10.1. The van der Waals surface area contributed by atoms with Gasteiger partial charge in [0.15, 0.2) is 11.5 Å². The van der Waals surface area contributed by atoms with Gasteiger partial charge >= 0.3 is 0 Å². The van der Waals surface area contributed by atoms with E-state index in [1.807, 2.05) is 18.2 Å². The predicted molar refractivity (Wildman–Crippen MR) is 109 cm³/mol. The maximum Gasteiger partial charge on any atom is 0.266 e. The average Bonchev–Trinajstić information content (AvgIpc) is 2.60. The van der Waals surface area contributed by atoms with Crippen molar-refractivity contribution in [3.8, 4) is 17.6 Å². The Bertz CT molecular complexity index is 858. The summed E-state index contributed by atoms with van der Waals surface area (Å²) in [6.07, 6.45) is 1.49. The maximum absolute atomic E-state index is 12.3. The van der Waals surface area contributed by atoms with E-state index in [9.17, 15) is 10.1 Å². The number of nitrogens with one attached hydrogen (secondary N) is 1. The van der Waals surface area contributed by atoms with Gasteiger partial charge in [-0.25, -0.2) is 0 Å². The van der Waals surface area contributed by atoms with Crippen molar-refractivity contribution in [3.63, 3.8) is 0 Å². The summed E-state index contributed by atoms with van der Waals surface area (Å²) in [4.78, 5) is 12.3. The molecule has 0 saturated heterocycles. The van der Waals surface area contributed by atoms with Crippen LogP contribution in [0.15, 0.2) is 46.4 Å². The van der Waals surface area contributed by atoms with Gasteiger partial charge in [-0.2, -0.15) is 5.26 Å². The van der Waals surface area contributed by atoms with E-state index in [2.05, 4.69) is 43.8 Å². The molecule has 1 N–H and O–H groups in total. The number of ether oxygens (including phenoxy) is 2. The van der Waals surface area contributed by atoms with Gasteiger partial charge in [0.1, 0.15) is 11.6 Å². The lowest BCUT2D eigenvalue weighted by molar-refractivity contribution is -0.112. The topological polar surface area (TPSA) is 71.3 Å². The molecule has 0 aliphatic heterocycles. The molecule has 0 heterocycles. The Morgan fingerprint density at radius 1 is 1.24 bits per heavy atom. The van der Waals surface area contributed by atoms with Crippen LogP contribution in [0.4, 0.5) is 5.69 Å². The molecule has 128 valence electrons. The fourth-order valence-corrected chi connectivity index (χ4v) is 3.05. The van der Waals surface area contributed by atoms with E-state index in [4.69, 9.17) is 9.47 Å². The third-order valence-corrected chi connectivity index (χ3v) is 4.54. The number of carbonyl (C=O) groups is 1. The summed E-state index contributed by atoms with van der Waals surface area (Å²) in [5.74, 6) is 0.564. The number of rotatable bonds is 5. The van der Waals surface area contributed by atoms with Crippen molar-refractivity contribution in [1.82, 2.24) is 0 Å². The van der Waals surface area contributed by atoms with Gasteiger partial charge in [-0.05, 0) is 86.6 Å². The molecule has 25 heavy (non-hydrogen) atoms. The number of halogens is 2. The van der Waals surface area contributed by atoms with E-state index in [1.54, 1.807) is 24.3 Å². The molecule has 0 saturated carbocycles. The standard InChI is InChI=1S/C18H14BrIN2O3/c1-24-16-9-11(8-15(19)17(16)25-2)7-12(10-21)18(23)22-14-5-3-13(20)4-6-14/h3-9H,1-2H3,(H,22,23)/b12-7-. The van der Waals surface area contributed by atoms with E-state index < -0.39 is 5.91 Å². The molecular weight excluding hydrogens is 499 g/mol. The van der Waals surface area contributed by atoms with E-state index in [1.165, 1.54) is 20.3 Å². The molecule has 7 heteroatoms. The van der Waals surface area contributed by atoms with Crippen LogP contribution in [0.5, 0.6) is 11.5 Å². The number of nitrogens with zero attached hydrogens (tertiary/aromatic N) is 1. The summed E-state index contributed by atoms with van der Waals surface area (Å²) >= 11 is 5.57. The molecular formula is C18H14BrIN2O3. The smallest absolute Gasteiger partial charge is 0.266 e. The van der Waals surface area contributed by atoms with Crippen LogP contribution < -0.4 is 14.8 Å². The van der Waals surface area contributed by atoms with Gasteiger partial charge in [0.2, 0.25) is 0 Å². The normalized spacial score (nSPS) is 10.8. The predicted octanol–water partition coefficient (Wildman–Crippen LogP) is 4.62. The number of benzene rings is 2. The molecule has 0 unspecified atom stereocenters. The molecule has 1 amide bonds. The first-order valence-electron chi connectivity index (χ1n) is 7.08. The molecule has 2 rings (SSSR count). The minimum Gasteiger partial charge on any atom is -0.493 e. The lowest BCUT2D eigenvalue weighted by Crippen LogP contribution is -2.13. The Labute approximate surface area is 167 Å². The SMILES string of the molecule is COc1cc(/C=C(/C#N)C(=O)Nc2ccc(I)cc2)cc(Br)c1OC. The fourth-order valence-electron chi connectivity index (χ4n) is 2.07. The second-order valence-electron chi connectivity index (χ2n) is 4.87. The molecule has 2 aromatic rings. The van der Waals surface area contributed by atoms with E-state index in [-0.39, 0.29) is 5.57 Å². The third-order valence-electron chi connectivity index (χ3n) is 3.23. The van der Waals surface area contributed by atoms with Gasteiger partial charge in [0, 0.05) is 9.26 Å². The Morgan fingerprint density at radius 2 is 1.92 bits per heavy atom. The summed E-state index contributed by atoms with van der Waals surface area (Å²) in [7, 11) is 3.06. The van der Waals surface area contributed by atoms with Crippen LogP contribution in [0.3, 0.4) is 0 Å². The first kappa shape index (κ1) is 19.3. The zero-order chi connectivity index (χ0) is 18.4. The van der Waals surface area contributed by atoms with E-state index in [0.29, 0.717) is 27.2 Å². The van der Waals surface area contributed by atoms with Gasteiger partial charge in [-0.3, -0.25) is 4.79 Å². The molecule has 2 aromatic carbocycles. The Morgan fingerprint density at radius 3 is 2.48 bits per heavy atom. The second kappa shape index (κ2) is 8.87. The van der Waals surface area contributed by atoms with Crippen LogP contribution in [0.1, 0.15) is 5.56 Å². The number of amides is 1. The largest absolute Gasteiger partial charge is 0.493 e. The monoisotopic (exact) mass is 512 g/mol. The number of methoxy groups -OCH3 is 2.